The third-order valence-electron chi connectivity index (χ3n) is 5.73. The Labute approximate surface area is 198 Å². The van der Waals surface area contributed by atoms with Crippen molar-refractivity contribution in [3.8, 4) is 0 Å². The third-order valence-corrected chi connectivity index (χ3v) is 7.86. The van der Waals surface area contributed by atoms with E-state index in [-0.39, 0.29) is 28.6 Å². The molecule has 2 heterocycles. The fourth-order valence-electron chi connectivity index (χ4n) is 3.87. The normalized spacial score (nSPS) is 14.0. The first-order valence-corrected chi connectivity index (χ1v) is 12.7. The second-order valence-corrected chi connectivity index (χ2v) is 10.5. The van der Waals surface area contributed by atoms with E-state index in [2.05, 4.69) is 15.5 Å². The minimum Gasteiger partial charge on any atom is -0.345 e. The van der Waals surface area contributed by atoms with E-state index in [1.165, 1.54) is 29.6 Å². The lowest BCUT2D eigenvalue weighted by Crippen LogP contribution is -2.28. The standard InChI is InChI=1S/C23H26ClN5O3S/c1-28(16-17-8-4-2-5-9-17)33(31,32)18-11-12-20(24)19(14-18)23(30)25-15-22-27-26-21-10-6-3-7-13-29(21)22/h2,4-5,8-9,11-12,14H,3,6-7,10,13,15-16H2,1H3,(H,25,30). The van der Waals surface area contributed by atoms with Gasteiger partial charge in [0, 0.05) is 26.6 Å². The molecule has 2 aromatic carbocycles. The van der Waals surface area contributed by atoms with Gasteiger partial charge in [0.25, 0.3) is 5.91 Å². The largest absolute Gasteiger partial charge is 0.345 e. The van der Waals surface area contributed by atoms with Crippen LogP contribution in [0.1, 0.15) is 46.8 Å². The van der Waals surface area contributed by atoms with Gasteiger partial charge in [-0.1, -0.05) is 48.4 Å². The molecule has 1 aliphatic heterocycles. The molecule has 0 radical (unpaired) electrons. The second-order valence-electron chi connectivity index (χ2n) is 8.07. The van der Waals surface area contributed by atoms with Crippen molar-refractivity contribution in [2.24, 2.45) is 0 Å². The van der Waals surface area contributed by atoms with Crippen LogP contribution in [0, 0.1) is 0 Å². The number of rotatable bonds is 7. The summed E-state index contributed by atoms with van der Waals surface area (Å²) in [6, 6.07) is 13.5. The van der Waals surface area contributed by atoms with Gasteiger partial charge in [0.15, 0.2) is 5.82 Å². The highest BCUT2D eigenvalue weighted by molar-refractivity contribution is 7.89. The molecule has 1 amide bonds. The maximum Gasteiger partial charge on any atom is 0.253 e. The van der Waals surface area contributed by atoms with Crippen LogP contribution in [0.4, 0.5) is 0 Å². The molecule has 33 heavy (non-hydrogen) atoms. The summed E-state index contributed by atoms with van der Waals surface area (Å²) in [5.74, 6) is 1.15. The van der Waals surface area contributed by atoms with E-state index in [0.29, 0.717) is 5.82 Å². The van der Waals surface area contributed by atoms with Crippen LogP contribution < -0.4 is 5.32 Å². The third kappa shape index (κ3) is 5.26. The molecule has 0 fully saturated rings. The molecule has 174 valence electrons. The number of fused-ring (bicyclic) bond motifs is 1. The summed E-state index contributed by atoms with van der Waals surface area (Å²) >= 11 is 6.25. The number of hydrogen-bond acceptors (Lipinski definition) is 5. The van der Waals surface area contributed by atoms with Gasteiger partial charge in [0.2, 0.25) is 10.0 Å². The molecule has 0 saturated carbocycles. The topological polar surface area (TPSA) is 97.2 Å². The first-order valence-electron chi connectivity index (χ1n) is 10.9. The summed E-state index contributed by atoms with van der Waals surface area (Å²) in [6.45, 7) is 1.23. The SMILES string of the molecule is CN(Cc1ccccc1)S(=O)(=O)c1ccc(Cl)c(C(=O)NCc2nnc3n2CCCCC3)c1. The summed E-state index contributed by atoms with van der Waals surface area (Å²) in [5.41, 5.74) is 0.962. The van der Waals surface area contributed by atoms with Crippen LogP contribution in [-0.4, -0.2) is 40.4 Å². The average molecular weight is 488 g/mol. The predicted octanol–water partition coefficient (Wildman–Crippen LogP) is 3.41. The maximum absolute atomic E-state index is 13.1. The molecule has 0 aliphatic carbocycles. The van der Waals surface area contributed by atoms with Crippen LogP contribution in [0.2, 0.25) is 5.02 Å². The Morgan fingerprint density at radius 1 is 1.12 bits per heavy atom. The molecule has 0 atom stereocenters. The van der Waals surface area contributed by atoms with E-state index in [0.717, 1.165) is 43.6 Å². The highest BCUT2D eigenvalue weighted by Crippen LogP contribution is 2.24. The van der Waals surface area contributed by atoms with E-state index in [9.17, 15) is 13.2 Å². The number of nitrogens with zero attached hydrogens (tertiary/aromatic N) is 4. The van der Waals surface area contributed by atoms with Gasteiger partial charge in [-0.2, -0.15) is 4.31 Å². The zero-order valence-electron chi connectivity index (χ0n) is 18.4. The van der Waals surface area contributed by atoms with Gasteiger partial charge in [-0.15, -0.1) is 10.2 Å². The van der Waals surface area contributed by atoms with Crippen LogP contribution in [-0.2, 0) is 36.1 Å². The summed E-state index contributed by atoms with van der Waals surface area (Å²) in [4.78, 5) is 12.9. The summed E-state index contributed by atoms with van der Waals surface area (Å²) in [5, 5.41) is 11.4. The van der Waals surface area contributed by atoms with Gasteiger partial charge in [-0.05, 0) is 36.6 Å². The van der Waals surface area contributed by atoms with Crippen LogP contribution in [0.15, 0.2) is 53.4 Å². The van der Waals surface area contributed by atoms with Crippen molar-refractivity contribution in [3.63, 3.8) is 0 Å². The van der Waals surface area contributed by atoms with Crippen LogP contribution >= 0.6 is 11.6 Å². The molecule has 0 saturated heterocycles. The highest BCUT2D eigenvalue weighted by Gasteiger charge is 2.24. The molecular formula is C23H26ClN5O3S. The van der Waals surface area contributed by atoms with E-state index in [4.69, 9.17) is 11.6 Å². The predicted molar refractivity (Wildman–Crippen MR) is 125 cm³/mol. The lowest BCUT2D eigenvalue weighted by atomic mass is 10.2. The molecule has 10 heteroatoms. The smallest absolute Gasteiger partial charge is 0.253 e. The van der Waals surface area contributed by atoms with Crippen molar-refractivity contribution in [1.82, 2.24) is 24.4 Å². The molecule has 1 N–H and O–H groups in total. The van der Waals surface area contributed by atoms with Gasteiger partial charge < -0.3 is 9.88 Å². The minimum absolute atomic E-state index is 0.00632. The fraction of sp³-hybridized carbons (Fsp3) is 0.348. The zero-order valence-corrected chi connectivity index (χ0v) is 19.9. The fourth-order valence-corrected chi connectivity index (χ4v) is 5.26. The first kappa shape index (κ1) is 23.4. The maximum atomic E-state index is 13.1. The Hall–Kier alpha value is -2.75. The molecule has 1 aliphatic rings. The highest BCUT2D eigenvalue weighted by atomic mass is 35.5. The van der Waals surface area contributed by atoms with Crippen molar-refractivity contribution >= 4 is 27.5 Å². The first-order chi connectivity index (χ1) is 15.9. The number of aryl methyl sites for hydroxylation is 1. The Bertz CT molecular complexity index is 1240. The van der Waals surface area contributed by atoms with Gasteiger partial charge in [-0.25, -0.2) is 8.42 Å². The van der Waals surface area contributed by atoms with Gasteiger partial charge in [0.1, 0.15) is 5.82 Å². The van der Waals surface area contributed by atoms with Gasteiger partial charge >= 0.3 is 0 Å². The molecule has 8 nitrogen and oxygen atoms in total. The van der Waals surface area contributed by atoms with Crippen molar-refractivity contribution in [2.45, 2.75) is 50.2 Å². The average Bonchev–Trinajstić information content (AvgIpc) is 3.04. The van der Waals surface area contributed by atoms with Crippen LogP contribution in [0.3, 0.4) is 0 Å². The summed E-state index contributed by atoms with van der Waals surface area (Å²) in [6.07, 6.45) is 4.15. The lowest BCUT2D eigenvalue weighted by Gasteiger charge is -2.18. The molecule has 4 rings (SSSR count). The Morgan fingerprint density at radius 3 is 2.70 bits per heavy atom. The van der Waals surface area contributed by atoms with E-state index >= 15 is 0 Å². The number of carbonyl (C=O) groups excluding carboxylic acids is 1. The lowest BCUT2D eigenvalue weighted by molar-refractivity contribution is 0.0949. The van der Waals surface area contributed by atoms with Gasteiger partial charge in [0.05, 0.1) is 22.0 Å². The number of benzene rings is 2. The van der Waals surface area contributed by atoms with Crippen LogP contribution in [0.5, 0.6) is 0 Å². The number of halogens is 1. The Kier molecular flexibility index (Phi) is 7.11. The Balaban J connectivity index is 1.49. The number of amides is 1. The van der Waals surface area contributed by atoms with E-state index in [1.54, 1.807) is 0 Å². The van der Waals surface area contributed by atoms with Crippen LogP contribution in [0.25, 0.3) is 0 Å². The van der Waals surface area contributed by atoms with Gasteiger partial charge in [-0.3, -0.25) is 4.79 Å². The van der Waals surface area contributed by atoms with Crippen molar-refractivity contribution in [2.75, 3.05) is 7.05 Å². The quantitative estimate of drug-likeness (QED) is 0.550. The zero-order chi connectivity index (χ0) is 23.4. The van der Waals surface area contributed by atoms with Crippen molar-refractivity contribution in [1.29, 1.82) is 0 Å². The van der Waals surface area contributed by atoms with Crippen molar-refractivity contribution < 1.29 is 13.2 Å². The van der Waals surface area contributed by atoms with Crippen molar-refractivity contribution in [3.05, 3.63) is 76.3 Å². The van der Waals surface area contributed by atoms with E-state index in [1.807, 2.05) is 34.9 Å². The Morgan fingerprint density at radius 2 is 1.91 bits per heavy atom. The molecule has 1 aromatic heterocycles. The number of hydrogen-bond donors (Lipinski definition) is 1. The number of aromatic nitrogens is 3. The molecule has 0 unspecified atom stereocenters. The summed E-state index contributed by atoms with van der Waals surface area (Å²) in [7, 11) is -2.31. The number of carbonyl (C=O) groups is 1. The number of nitrogens with one attached hydrogen (secondary N) is 1. The molecule has 0 bridgehead atoms. The molecule has 3 aromatic rings. The summed E-state index contributed by atoms with van der Waals surface area (Å²) < 4.78 is 29.5. The monoisotopic (exact) mass is 487 g/mol. The second kappa shape index (κ2) is 10.0. The van der Waals surface area contributed by atoms with E-state index < -0.39 is 15.9 Å². The minimum atomic E-state index is -3.82. The molecular weight excluding hydrogens is 462 g/mol. The number of sulfonamides is 1. The molecule has 0 spiro atoms.